The Morgan fingerprint density at radius 1 is 1.07 bits per heavy atom. The summed E-state index contributed by atoms with van der Waals surface area (Å²) < 4.78 is 6.29. The van der Waals surface area contributed by atoms with Gasteiger partial charge < -0.3 is 19.8 Å². The third-order valence-electron chi connectivity index (χ3n) is 7.08. The number of allylic oxidation sites excluding steroid dienone is 4. The Bertz CT molecular complexity index is 1460. The molecule has 1 N–H and O–H groups in total. The number of ether oxygens (including phenoxy) is 1. The molecule has 0 amide bonds. The Hall–Kier alpha value is -3.11. The minimum atomic E-state index is -0.404. The largest absolute Gasteiger partial charge is 0.406 e. The maximum Gasteiger partial charge on any atom is 0.293 e. The van der Waals surface area contributed by atoms with Gasteiger partial charge in [0.05, 0.1) is 12.2 Å². The van der Waals surface area contributed by atoms with Crippen LogP contribution in [0.3, 0.4) is 0 Å². The van der Waals surface area contributed by atoms with E-state index in [4.69, 9.17) is 32.8 Å². The number of benzene rings is 1. The van der Waals surface area contributed by atoms with Crippen molar-refractivity contribution in [3.8, 4) is 0 Å². The van der Waals surface area contributed by atoms with E-state index >= 15 is 0 Å². The average molecular weight is 586 g/mol. The summed E-state index contributed by atoms with van der Waals surface area (Å²) in [4.78, 5) is 33.5. The molecule has 3 heterocycles. The molecule has 0 saturated carbocycles. The first kappa shape index (κ1) is 28.4. The van der Waals surface area contributed by atoms with Crippen LogP contribution >= 0.6 is 23.2 Å². The highest BCUT2D eigenvalue weighted by Crippen LogP contribution is 2.36. The van der Waals surface area contributed by atoms with Gasteiger partial charge in [0, 0.05) is 71.9 Å². The molecule has 2 aliphatic rings. The normalized spacial score (nSPS) is 16.4. The van der Waals surface area contributed by atoms with Gasteiger partial charge in [0.25, 0.3) is 5.56 Å². The van der Waals surface area contributed by atoms with E-state index in [0.717, 1.165) is 44.8 Å². The van der Waals surface area contributed by atoms with Crippen molar-refractivity contribution in [2.45, 2.75) is 26.2 Å². The third-order valence-corrected chi connectivity index (χ3v) is 7.80. The molecule has 1 aliphatic carbocycles. The lowest BCUT2D eigenvalue weighted by atomic mass is 9.99. The molecule has 0 atom stereocenters. The third kappa shape index (κ3) is 6.28. The Balaban J connectivity index is 1.41. The number of pyridine rings is 1. The van der Waals surface area contributed by atoms with Crippen molar-refractivity contribution >= 4 is 57.1 Å². The second-order valence-electron chi connectivity index (χ2n) is 9.83. The van der Waals surface area contributed by atoms with Crippen LogP contribution in [0.5, 0.6) is 0 Å². The highest BCUT2D eigenvalue weighted by atomic mass is 35.5. The minimum Gasteiger partial charge on any atom is -0.406 e. The fourth-order valence-corrected chi connectivity index (χ4v) is 5.71. The number of anilines is 3. The SMILES string of the molecule is CCCN1CCN(c2ccc(Nc3ncc4cc(C5=C(Cl)CCC=C5Cl)c(=O)n(OCCOC)c4n3)cc2)CC1. The number of nitrogens with one attached hydrogen (secondary N) is 1. The number of hydrogen-bond donors (Lipinski definition) is 1. The highest BCUT2D eigenvalue weighted by molar-refractivity contribution is 6.42. The molecule has 40 heavy (non-hydrogen) atoms. The molecule has 212 valence electrons. The van der Waals surface area contributed by atoms with Gasteiger partial charge in [0.2, 0.25) is 5.95 Å². The molecule has 1 fully saturated rings. The van der Waals surface area contributed by atoms with Crippen LogP contribution in [-0.4, -0.2) is 72.6 Å². The van der Waals surface area contributed by atoms with Crippen molar-refractivity contribution in [3.63, 3.8) is 0 Å². The second kappa shape index (κ2) is 13.0. The van der Waals surface area contributed by atoms with Crippen LogP contribution in [0.25, 0.3) is 16.6 Å². The van der Waals surface area contributed by atoms with Gasteiger partial charge >= 0.3 is 0 Å². The van der Waals surface area contributed by atoms with E-state index in [1.807, 2.05) is 18.2 Å². The first-order valence-corrected chi connectivity index (χ1v) is 14.4. The first-order valence-electron chi connectivity index (χ1n) is 13.6. The first-order chi connectivity index (χ1) is 19.5. The quantitative estimate of drug-likeness (QED) is 0.333. The number of halogens is 2. The molecule has 5 rings (SSSR count). The summed E-state index contributed by atoms with van der Waals surface area (Å²) in [5.74, 6) is 0.345. The van der Waals surface area contributed by atoms with Crippen LogP contribution in [0.1, 0.15) is 31.7 Å². The lowest BCUT2D eigenvalue weighted by molar-refractivity contribution is 0.0581. The minimum absolute atomic E-state index is 0.159. The summed E-state index contributed by atoms with van der Waals surface area (Å²) in [7, 11) is 1.57. The Morgan fingerprint density at radius 2 is 1.85 bits per heavy atom. The topological polar surface area (TPSA) is 84.8 Å². The van der Waals surface area contributed by atoms with Gasteiger partial charge in [-0.25, -0.2) is 4.98 Å². The summed E-state index contributed by atoms with van der Waals surface area (Å²) in [6.07, 6.45) is 6.04. The van der Waals surface area contributed by atoms with Crippen LogP contribution in [0.15, 0.2) is 57.5 Å². The molecule has 9 nitrogen and oxygen atoms in total. The van der Waals surface area contributed by atoms with Crippen molar-refractivity contribution in [3.05, 3.63) is 68.6 Å². The Morgan fingerprint density at radius 3 is 2.55 bits per heavy atom. The van der Waals surface area contributed by atoms with Gasteiger partial charge in [-0.05, 0) is 56.1 Å². The van der Waals surface area contributed by atoms with Crippen molar-refractivity contribution < 1.29 is 9.57 Å². The van der Waals surface area contributed by atoms with Crippen molar-refractivity contribution in [2.24, 2.45) is 0 Å². The van der Waals surface area contributed by atoms with Gasteiger partial charge in [-0.3, -0.25) is 9.69 Å². The monoisotopic (exact) mass is 584 g/mol. The second-order valence-corrected chi connectivity index (χ2v) is 10.7. The number of hydrogen-bond acceptors (Lipinski definition) is 8. The molecule has 0 radical (unpaired) electrons. The molecule has 1 aromatic carbocycles. The standard InChI is InChI=1S/C29H34Cl2N6O3/c1-3-11-35-12-14-36(15-13-35)22-9-7-21(8-10-22)33-29-32-19-20-18-23(26-24(30)5-4-6-25(26)31)28(38)37(27(20)34-29)40-17-16-39-2/h5,7-10,18-19H,3-4,6,11-17H2,1-2H3,(H,32,33,34). The zero-order valence-electron chi connectivity index (χ0n) is 22.8. The van der Waals surface area contributed by atoms with E-state index in [1.165, 1.54) is 16.8 Å². The lowest BCUT2D eigenvalue weighted by Gasteiger charge is -2.36. The predicted molar refractivity (Wildman–Crippen MR) is 162 cm³/mol. The zero-order chi connectivity index (χ0) is 28.1. The van der Waals surface area contributed by atoms with Crippen LogP contribution in [0.4, 0.5) is 17.3 Å². The lowest BCUT2D eigenvalue weighted by Crippen LogP contribution is -2.46. The average Bonchev–Trinajstić information content (AvgIpc) is 2.96. The van der Waals surface area contributed by atoms with E-state index < -0.39 is 5.56 Å². The van der Waals surface area contributed by atoms with Crippen molar-refractivity contribution in [1.82, 2.24) is 19.6 Å². The molecule has 1 saturated heterocycles. The molecular weight excluding hydrogens is 551 g/mol. The van der Waals surface area contributed by atoms with Gasteiger partial charge in [-0.1, -0.05) is 36.2 Å². The maximum absolute atomic E-state index is 13.6. The van der Waals surface area contributed by atoms with E-state index in [-0.39, 0.29) is 6.61 Å². The predicted octanol–water partition coefficient (Wildman–Crippen LogP) is 5.01. The molecule has 11 heteroatoms. The van der Waals surface area contributed by atoms with E-state index in [1.54, 1.807) is 19.4 Å². The van der Waals surface area contributed by atoms with Crippen LogP contribution in [0, 0.1) is 0 Å². The highest BCUT2D eigenvalue weighted by Gasteiger charge is 2.22. The zero-order valence-corrected chi connectivity index (χ0v) is 24.3. The Kier molecular flexibility index (Phi) is 9.26. The van der Waals surface area contributed by atoms with Crippen LogP contribution < -0.4 is 20.6 Å². The molecular formula is C29H34Cl2N6O3. The number of rotatable bonds is 10. The van der Waals surface area contributed by atoms with Crippen LogP contribution in [0.2, 0.25) is 0 Å². The number of methoxy groups -OCH3 is 1. The maximum atomic E-state index is 13.6. The van der Waals surface area contributed by atoms with E-state index in [9.17, 15) is 4.79 Å². The number of nitrogens with zero attached hydrogens (tertiary/aromatic N) is 5. The number of piperazine rings is 1. The van der Waals surface area contributed by atoms with Crippen molar-refractivity contribution in [2.75, 3.05) is 63.3 Å². The van der Waals surface area contributed by atoms with Gasteiger partial charge in [-0.2, -0.15) is 4.98 Å². The Labute approximate surface area is 244 Å². The fourth-order valence-electron chi connectivity index (χ4n) is 5.03. The summed E-state index contributed by atoms with van der Waals surface area (Å²) in [6, 6.07) is 9.95. The smallest absolute Gasteiger partial charge is 0.293 e. The fraction of sp³-hybridized carbons (Fsp3) is 0.414. The molecule has 3 aromatic rings. The molecule has 0 spiro atoms. The number of aromatic nitrogens is 3. The van der Waals surface area contributed by atoms with Gasteiger partial charge in [-0.15, -0.1) is 4.73 Å². The molecule has 0 unspecified atom stereocenters. The summed E-state index contributed by atoms with van der Waals surface area (Å²) in [6.45, 7) is 8.05. The van der Waals surface area contributed by atoms with Crippen LogP contribution in [-0.2, 0) is 4.74 Å². The number of fused-ring (bicyclic) bond motifs is 1. The summed E-state index contributed by atoms with van der Waals surface area (Å²) >= 11 is 13.0. The summed E-state index contributed by atoms with van der Waals surface area (Å²) in [5, 5.41) is 4.85. The summed E-state index contributed by atoms with van der Waals surface area (Å²) in [5.41, 5.74) is 2.81. The van der Waals surface area contributed by atoms with Crippen molar-refractivity contribution in [1.29, 1.82) is 0 Å². The molecule has 0 bridgehead atoms. The molecule has 2 aromatic heterocycles. The van der Waals surface area contributed by atoms with E-state index in [2.05, 4.69) is 44.1 Å². The molecule has 1 aliphatic heterocycles. The van der Waals surface area contributed by atoms with Gasteiger partial charge in [0.15, 0.2) is 5.65 Å². The van der Waals surface area contributed by atoms with Gasteiger partial charge in [0.1, 0.15) is 6.61 Å². The van der Waals surface area contributed by atoms with E-state index in [0.29, 0.717) is 51.2 Å².